The molecule has 0 spiro atoms. The Bertz CT molecular complexity index is 202. The number of hydrogen-bond donors (Lipinski definition) is 0. The second kappa shape index (κ2) is 2.01. The van der Waals surface area contributed by atoms with E-state index in [1.165, 1.54) is 6.33 Å². The molecule has 0 unspecified atom stereocenters. The molecular weight excluding hydrogens is 116 g/mol. The highest BCUT2D eigenvalue weighted by Crippen LogP contribution is 1.94. The van der Waals surface area contributed by atoms with Crippen LogP contribution >= 0.6 is 0 Å². The lowest BCUT2D eigenvalue weighted by Gasteiger charge is -2.03. The van der Waals surface area contributed by atoms with Crippen LogP contribution in [-0.4, -0.2) is 4.98 Å². The molecule has 0 bridgehead atoms. The summed E-state index contributed by atoms with van der Waals surface area (Å²) in [6.07, 6.45) is 2.92. The van der Waals surface area contributed by atoms with Crippen molar-refractivity contribution in [3.8, 4) is 0 Å². The number of hydrogen-bond acceptors (Lipinski definition) is 2. The van der Waals surface area contributed by atoms with Gasteiger partial charge < -0.3 is 5.21 Å². The first-order chi connectivity index (χ1) is 4.22. The van der Waals surface area contributed by atoms with E-state index < -0.39 is 0 Å². The SMILES string of the molecule is Cc1cnc[n+]([O-])c1C. The molecule has 3 nitrogen and oxygen atoms in total. The smallest absolute Gasteiger partial charge is 0.289 e. The topological polar surface area (TPSA) is 39.8 Å². The molecule has 0 aliphatic carbocycles. The molecule has 1 heterocycles. The third-order valence-corrected chi connectivity index (χ3v) is 1.34. The van der Waals surface area contributed by atoms with E-state index in [1.54, 1.807) is 13.1 Å². The molecule has 0 aliphatic rings. The fraction of sp³-hybridized carbons (Fsp3) is 0.333. The zero-order valence-electron chi connectivity index (χ0n) is 5.46. The number of aromatic nitrogens is 2. The quantitative estimate of drug-likeness (QED) is 0.369. The van der Waals surface area contributed by atoms with Crippen molar-refractivity contribution >= 4 is 0 Å². The van der Waals surface area contributed by atoms with Crippen molar-refractivity contribution in [3.05, 3.63) is 29.0 Å². The molecule has 0 aromatic carbocycles. The lowest BCUT2D eigenvalue weighted by Crippen LogP contribution is -2.30. The second-order valence-corrected chi connectivity index (χ2v) is 1.99. The van der Waals surface area contributed by atoms with Gasteiger partial charge in [0.1, 0.15) is 11.9 Å². The van der Waals surface area contributed by atoms with Crippen LogP contribution in [0.4, 0.5) is 0 Å². The minimum absolute atomic E-state index is 0.713. The van der Waals surface area contributed by atoms with Gasteiger partial charge in [-0.2, -0.15) is 0 Å². The van der Waals surface area contributed by atoms with Gasteiger partial charge in [-0.25, -0.2) is 4.73 Å². The summed E-state index contributed by atoms with van der Waals surface area (Å²) in [5.41, 5.74) is 1.64. The fourth-order valence-corrected chi connectivity index (χ4v) is 0.560. The molecule has 0 saturated heterocycles. The minimum Gasteiger partial charge on any atom is -0.711 e. The molecule has 48 valence electrons. The van der Waals surface area contributed by atoms with Crippen LogP contribution in [0.5, 0.6) is 0 Å². The largest absolute Gasteiger partial charge is 0.711 e. The lowest BCUT2D eigenvalue weighted by molar-refractivity contribution is -0.616. The Hall–Kier alpha value is -1.12. The average molecular weight is 124 g/mol. The number of nitrogens with zero attached hydrogens (tertiary/aromatic N) is 2. The van der Waals surface area contributed by atoms with Crippen LogP contribution < -0.4 is 4.73 Å². The Balaban J connectivity index is 3.25. The Morgan fingerprint density at radius 2 is 2.22 bits per heavy atom. The van der Waals surface area contributed by atoms with Crippen LogP contribution in [0.15, 0.2) is 12.5 Å². The van der Waals surface area contributed by atoms with Crippen LogP contribution in [-0.2, 0) is 0 Å². The van der Waals surface area contributed by atoms with Crippen LogP contribution in [0.3, 0.4) is 0 Å². The summed E-state index contributed by atoms with van der Waals surface area (Å²) in [5.74, 6) is 0. The molecule has 0 fully saturated rings. The Labute approximate surface area is 53.6 Å². The van der Waals surface area contributed by atoms with Crippen molar-refractivity contribution in [2.24, 2.45) is 0 Å². The summed E-state index contributed by atoms with van der Waals surface area (Å²) in [6.45, 7) is 3.63. The third-order valence-electron chi connectivity index (χ3n) is 1.34. The first-order valence-electron chi connectivity index (χ1n) is 2.72. The molecule has 3 heteroatoms. The molecule has 0 amide bonds. The summed E-state index contributed by atoms with van der Waals surface area (Å²) >= 11 is 0. The van der Waals surface area contributed by atoms with Gasteiger partial charge in [-0.1, -0.05) is 4.98 Å². The van der Waals surface area contributed by atoms with Gasteiger partial charge in [0, 0.05) is 5.56 Å². The molecule has 0 N–H and O–H groups in total. The van der Waals surface area contributed by atoms with E-state index in [-0.39, 0.29) is 0 Å². The minimum atomic E-state index is 0.713. The highest BCUT2D eigenvalue weighted by atomic mass is 16.5. The molecule has 0 aliphatic heterocycles. The summed E-state index contributed by atoms with van der Waals surface area (Å²) in [7, 11) is 0. The van der Waals surface area contributed by atoms with Gasteiger partial charge in [-0.05, 0) is 13.8 Å². The van der Waals surface area contributed by atoms with Crippen molar-refractivity contribution < 1.29 is 4.73 Å². The zero-order valence-corrected chi connectivity index (χ0v) is 5.46. The fourth-order valence-electron chi connectivity index (χ4n) is 0.560. The van der Waals surface area contributed by atoms with Crippen molar-refractivity contribution in [1.29, 1.82) is 0 Å². The Morgan fingerprint density at radius 1 is 1.56 bits per heavy atom. The highest BCUT2D eigenvalue weighted by molar-refractivity contribution is 5.06. The van der Waals surface area contributed by atoms with Gasteiger partial charge in [0.15, 0.2) is 0 Å². The van der Waals surface area contributed by atoms with E-state index in [4.69, 9.17) is 0 Å². The van der Waals surface area contributed by atoms with Gasteiger partial charge in [-0.15, -0.1) is 0 Å². The molecule has 1 aromatic heterocycles. The van der Waals surface area contributed by atoms with Crippen LogP contribution in [0.25, 0.3) is 0 Å². The van der Waals surface area contributed by atoms with E-state index in [2.05, 4.69) is 4.98 Å². The van der Waals surface area contributed by atoms with Crippen LogP contribution in [0.1, 0.15) is 11.3 Å². The van der Waals surface area contributed by atoms with Crippen molar-refractivity contribution in [3.63, 3.8) is 0 Å². The van der Waals surface area contributed by atoms with Gasteiger partial charge in [0.2, 0.25) is 0 Å². The highest BCUT2D eigenvalue weighted by Gasteiger charge is 1.97. The second-order valence-electron chi connectivity index (χ2n) is 1.99. The number of aryl methyl sites for hydroxylation is 1. The number of rotatable bonds is 0. The maximum atomic E-state index is 10.7. The Kier molecular flexibility index (Phi) is 1.34. The van der Waals surface area contributed by atoms with Gasteiger partial charge in [0.25, 0.3) is 6.33 Å². The van der Waals surface area contributed by atoms with E-state index in [0.29, 0.717) is 5.69 Å². The molecule has 0 atom stereocenters. The molecule has 9 heavy (non-hydrogen) atoms. The first-order valence-corrected chi connectivity index (χ1v) is 2.72. The normalized spacial score (nSPS) is 9.56. The summed E-state index contributed by atoms with van der Waals surface area (Å²) in [5, 5.41) is 10.7. The maximum Gasteiger partial charge on any atom is 0.289 e. The molecule has 0 radical (unpaired) electrons. The lowest BCUT2D eigenvalue weighted by atomic mass is 10.3. The summed E-state index contributed by atoms with van der Waals surface area (Å²) < 4.78 is 0.759. The standard InChI is InChI=1S/C6H8N2O/c1-5-3-7-4-8(9)6(5)2/h3-4H,1-2H3. The van der Waals surface area contributed by atoms with E-state index in [0.717, 1.165) is 10.3 Å². The van der Waals surface area contributed by atoms with E-state index in [1.807, 2.05) is 6.92 Å². The molecule has 1 rings (SSSR count). The zero-order chi connectivity index (χ0) is 6.85. The Morgan fingerprint density at radius 3 is 2.67 bits per heavy atom. The van der Waals surface area contributed by atoms with Gasteiger partial charge in [0.05, 0.1) is 0 Å². The summed E-state index contributed by atoms with van der Waals surface area (Å²) in [4.78, 5) is 3.70. The maximum absolute atomic E-state index is 10.7. The summed E-state index contributed by atoms with van der Waals surface area (Å²) in [6, 6.07) is 0. The molecular formula is C6H8N2O. The van der Waals surface area contributed by atoms with Crippen LogP contribution in [0.2, 0.25) is 0 Å². The van der Waals surface area contributed by atoms with Crippen molar-refractivity contribution in [2.45, 2.75) is 13.8 Å². The first kappa shape index (κ1) is 6.01. The predicted molar refractivity (Wildman–Crippen MR) is 32.7 cm³/mol. The third kappa shape index (κ3) is 0.988. The van der Waals surface area contributed by atoms with Crippen molar-refractivity contribution in [1.82, 2.24) is 4.98 Å². The molecule has 0 saturated carbocycles. The van der Waals surface area contributed by atoms with Gasteiger partial charge >= 0.3 is 0 Å². The van der Waals surface area contributed by atoms with Gasteiger partial charge in [-0.3, -0.25) is 0 Å². The van der Waals surface area contributed by atoms with E-state index >= 15 is 0 Å². The predicted octanol–water partition coefficient (Wildman–Crippen LogP) is 0.332. The van der Waals surface area contributed by atoms with Crippen LogP contribution in [0, 0.1) is 19.1 Å². The van der Waals surface area contributed by atoms with E-state index in [9.17, 15) is 5.21 Å². The van der Waals surface area contributed by atoms with Crippen molar-refractivity contribution in [2.75, 3.05) is 0 Å². The monoisotopic (exact) mass is 124 g/mol. The molecule has 1 aromatic rings. The average Bonchev–Trinajstić information content (AvgIpc) is 1.83.